The van der Waals surface area contributed by atoms with Gasteiger partial charge in [-0.05, 0) is 24.0 Å². The van der Waals surface area contributed by atoms with Gasteiger partial charge in [0.2, 0.25) is 5.82 Å². The fourth-order valence-corrected chi connectivity index (χ4v) is 2.83. The molecule has 0 bridgehead atoms. The highest BCUT2D eigenvalue weighted by atomic mass is 15.6. The Morgan fingerprint density at radius 2 is 1.95 bits per heavy atom. The SMILES string of the molecule is C=C[C@@H](C1CCCC1)n1nnc(-c2ccccc2)n1. The summed E-state index contributed by atoms with van der Waals surface area (Å²) >= 11 is 0. The molecular formula is C15H18N4. The zero-order chi connectivity index (χ0) is 13.1. The number of nitrogens with zero attached hydrogens (tertiary/aromatic N) is 4. The van der Waals surface area contributed by atoms with Crippen LogP contribution in [-0.4, -0.2) is 20.2 Å². The molecule has 1 aliphatic carbocycles. The van der Waals surface area contributed by atoms with E-state index < -0.39 is 0 Å². The van der Waals surface area contributed by atoms with Crippen LogP contribution in [0.1, 0.15) is 31.7 Å². The summed E-state index contributed by atoms with van der Waals surface area (Å²) in [6.45, 7) is 3.94. The van der Waals surface area contributed by atoms with E-state index in [4.69, 9.17) is 0 Å². The topological polar surface area (TPSA) is 43.6 Å². The molecule has 1 saturated carbocycles. The normalized spacial score (nSPS) is 17.5. The Balaban J connectivity index is 1.85. The van der Waals surface area contributed by atoms with E-state index in [1.165, 1.54) is 25.7 Å². The van der Waals surface area contributed by atoms with Crippen molar-refractivity contribution >= 4 is 0 Å². The van der Waals surface area contributed by atoms with Crippen LogP contribution < -0.4 is 0 Å². The summed E-state index contributed by atoms with van der Waals surface area (Å²) in [5.41, 5.74) is 1.00. The average Bonchev–Trinajstić information content (AvgIpc) is 3.12. The molecule has 4 heteroatoms. The molecule has 2 aromatic rings. The van der Waals surface area contributed by atoms with Crippen LogP contribution in [0, 0.1) is 5.92 Å². The maximum atomic E-state index is 4.52. The lowest BCUT2D eigenvalue weighted by Gasteiger charge is -2.17. The third kappa shape index (κ3) is 2.43. The van der Waals surface area contributed by atoms with Crippen molar-refractivity contribution in [2.75, 3.05) is 0 Å². The Morgan fingerprint density at radius 3 is 2.63 bits per heavy atom. The first-order valence-corrected chi connectivity index (χ1v) is 6.86. The van der Waals surface area contributed by atoms with Crippen LogP contribution in [-0.2, 0) is 0 Å². The molecule has 1 aromatic heterocycles. The summed E-state index contributed by atoms with van der Waals surface area (Å²) in [6.07, 6.45) is 7.02. The third-order valence-electron chi connectivity index (χ3n) is 3.85. The molecule has 0 spiro atoms. The second kappa shape index (κ2) is 5.34. The van der Waals surface area contributed by atoms with Crippen molar-refractivity contribution in [2.45, 2.75) is 31.7 Å². The molecule has 0 unspecified atom stereocenters. The second-order valence-electron chi connectivity index (χ2n) is 5.07. The molecule has 19 heavy (non-hydrogen) atoms. The molecule has 3 rings (SSSR count). The van der Waals surface area contributed by atoms with Gasteiger partial charge in [-0.25, -0.2) is 0 Å². The summed E-state index contributed by atoms with van der Waals surface area (Å²) in [4.78, 5) is 1.73. The first-order valence-electron chi connectivity index (χ1n) is 6.86. The van der Waals surface area contributed by atoms with Crippen molar-refractivity contribution in [1.29, 1.82) is 0 Å². The molecule has 1 atom stereocenters. The molecule has 1 fully saturated rings. The Bertz CT molecular complexity index is 540. The zero-order valence-electron chi connectivity index (χ0n) is 10.9. The highest BCUT2D eigenvalue weighted by Crippen LogP contribution is 2.34. The predicted molar refractivity (Wildman–Crippen MR) is 74.4 cm³/mol. The van der Waals surface area contributed by atoms with E-state index in [9.17, 15) is 0 Å². The van der Waals surface area contributed by atoms with Gasteiger partial charge in [0.25, 0.3) is 0 Å². The smallest absolute Gasteiger partial charge is 0.157 e. The van der Waals surface area contributed by atoms with Gasteiger partial charge < -0.3 is 0 Å². The second-order valence-corrected chi connectivity index (χ2v) is 5.07. The largest absolute Gasteiger partial charge is 0.204 e. The first-order chi connectivity index (χ1) is 9.38. The lowest BCUT2D eigenvalue weighted by atomic mass is 9.99. The maximum absolute atomic E-state index is 4.52. The van der Waals surface area contributed by atoms with Crippen molar-refractivity contribution in [3.8, 4) is 11.4 Å². The van der Waals surface area contributed by atoms with E-state index >= 15 is 0 Å². The number of hydrogen-bond acceptors (Lipinski definition) is 3. The minimum Gasteiger partial charge on any atom is -0.157 e. The average molecular weight is 254 g/mol. The Kier molecular flexibility index (Phi) is 3.40. The number of hydrogen-bond donors (Lipinski definition) is 0. The van der Waals surface area contributed by atoms with Crippen LogP contribution in [0.15, 0.2) is 43.0 Å². The van der Waals surface area contributed by atoms with Gasteiger partial charge in [-0.1, -0.05) is 49.2 Å². The van der Waals surface area contributed by atoms with E-state index in [1.807, 2.05) is 36.4 Å². The van der Waals surface area contributed by atoms with Crippen LogP contribution in [0.4, 0.5) is 0 Å². The number of tetrazole rings is 1. The summed E-state index contributed by atoms with van der Waals surface area (Å²) in [5.74, 6) is 1.29. The molecule has 1 aromatic carbocycles. The number of aromatic nitrogens is 4. The molecule has 1 aliphatic rings. The summed E-state index contributed by atoms with van der Waals surface area (Å²) in [6, 6.07) is 10.1. The molecule has 0 saturated heterocycles. The van der Waals surface area contributed by atoms with Crippen LogP contribution in [0.3, 0.4) is 0 Å². The van der Waals surface area contributed by atoms with Crippen molar-refractivity contribution in [1.82, 2.24) is 20.2 Å². The molecule has 1 heterocycles. The van der Waals surface area contributed by atoms with E-state index in [2.05, 4.69) is 22.0 Å². The quantitative estimate of drug-likeness (QED) is 0.787. The Labute approximate surface area is 113 Å². The summed E-state index contributed by atoms with van der Waals surface area (Å²) in [7, 11) is 0. The minimum atomic E-state index is 0.174. The zero-order valence-corrected chi connectivity index (χ0v) is 10.9. The summed E-state index contributed by atoms with van der Waals surface area (Å²) < 4.78 is 0. The molecule has 98 valence electrons. The van der Waals surface area contributed by atoms with Crippen molar-refractivity contribution < 1.29 is 0 Å². The van der Waals surface area contributed by atoms with Crippen LogP contribution in [0.25, 0.3) is 11.4 Å². The molecule has 0 aliphatic heterocycles. The Hall–Kier alpha value is -1.97. The van der Waals surface area contributed by atoms with E-state index in [1.54, 1.807) is 4.80 Å². The fourth-order valence-electron chi connectivity index (χ4n) is 2.83. The van der Waals surface area contributed by atoms with Crippen LogP contribution >= 0.6 is 0 Å². The van der Waals surface area contributed by atoms with Gasteiger partial charge in [-0.3, -0.25) is 0 Å². The van der Waals surface area contributed by atoms with Gasteiger partial charge in [-0.15, -0.1) is 16.8 Å². The number of allylic oxidation sites excluding steroid dienone is 1. The molecular weight excluding hydrogens is 236 g/mol. The van der Waals surface area contributed by atoms with Gasteiger partial charge in [0.1, 0.15) is 0 Å². The van der Waals surface area contributed by atoms with Gasteiger partial charge in [0.15, 0.2) is 0 Å². The molecule has 0 amide bonds. The first kappa shape index (κ1) is 12.1. The molecule has 0 N–H and O–H groups in total. The monoisotopic (exact) mass is 254 g/mol. The number of rotatable bonds is 4. The van der Waals surface area contributed by atoms with Gasteiger partial charge >= 0.3 is 0 Å². The minimum absolute atomic E-state index is 0.174. The third-order valence-corrected chi connectivity index (χ3v) is 3.85. The van der Waals surface area contributed by atoms with E-state index in [0.717, 1.165) is 5.56 Å². The highest BCUT2D eigenvalue weighted by molar-refractivity contribution is 5.52. The van der Waals surface area contributed by atoms with Crippen LogP contribution in [0.2, 0.25) is 0 Å². The van der Waals surface area contributed by atoms with Gasteiger partial charge in [0.05, 0.1) is 6.04 Å². The molecule has 0 radical (unpaired) electrons. The van der Waals surface area contributed by atoms with Gasteiger partial charge in [-0.2, -0.15) is 4.80 Å². The number of benzene rings is 1. The van der Waals surface area contributed by atoms with E-state index in [-0.39, 0.29) is 6.04 Å². The van der Waals surface area contributed by atoms with Crippen LogP contribution in [0.5, 0.6) is 0 Å². The summed E-state index contributed by atoms with van der Waals surface area (Å²) in [5, 5.41) is 12.9. The van der Waals surface area contributed by atoms with E-state index in [0.29, 0.717) is 11.7 Å². The van der Waals surface area contributed by atoms with Crippen molar-refractivity contribution in [2.24, 2.45) is 5.92 Å². The van der Waals surface area contributed by atoms with Gasteiger partial charge in [0, 0.05) is 5.56 Å². The van der Waals surface area contributed by atoms with Crippen molar-refractivity contribution in [3.05, 3.63) is 43.0 Å². The lowest BCUT2D eigenvalue weighted by Crippen LogP contribution is -2.17. The highest BCUT2D eigenvalue weighted by Gasteiger charge is 2.26. The molecule has 4 nitrogen and oxygen atoms in total. The standard InChI is InChI=1S/C15H18N4/c1-2-14(12-8-6-7-9-12)19-17-15(16-18-19)13-10-4-3-5-11-13/h2-5,10-12,14H,1,6-9H2/t14-/m0/s1. The maximum Gasteiger partial charge on any atom is 0.204 e. The predicted octanol–water partition coefficient (Wildman–Crippen LogP) is 3.26. The Morgan fingerprint density at radius 1 is 1.21 bits per heavy atom. The lowest BCUT2D eigenvalue weighted by molar-refractivity contribution is 0.333. The van der Waals surface area contributed by atoms with Crippen molar-refractivity contribution in [3.63, 3.8) is 0 Å². The fraction of sp³-hybridized carbons (Fsp3) is 0.400.